The number of imidazole rings is 1. The molecule has 1 heterocycles. The molecule has 0 saturated carbocycles. The van der Waals surface area contributed by atoms with Crippen LogP contribution in [0.4, 0.5) is 0 Å². The number of benzene rings is 1. The van der Waals surface area contributed by atoms with Gasteiger partial charge >= 0.3 is 0 Å². The van der Waals surface area contributed by atoms with Crippen molar-refractivity contribution in [3.05, 3.63) is 42.5 Å². The summed E-state index contributed by atoms with van der Waals surface area (Å²) in [5.41, 5.74) is 0.928. The molecule has 0 aliphatic carbocycles. The molecule has 2 aromatic rings. The van der Waals surface area contributed by atoms with E-state index >= 15 is 0 Å². The van der Waals surface area contributed by atoms with Crippen molar-refractivity contribution in [1.82, 2.24) is 14.5 Å². The van der Waals surface area contributed by atoms with Crippen molar-refractivity contribution in [3.63, 3.8) is 0 Å². The van der Waals surface area contributed by atoms with E-state index in [-0.39, 0.29) is 11.9 Å². The number of amides is 1. The van der Waals surface area contributed by atoms with Crippen molar-refractivity contribution < 1.29 is 14.3 Å². The van der Waals surface area contributed by atoms with E-state index in [0.717, 1.165) is 11.3 Å². The third-order valence-electron chi connectivity index (χ3n) is 3.61. The minimum atomic E-state index is -0.295. The van der Waals surface area contributed by atoms with E-state index in [1.54, 1.807) is 49.5 Å². The summed E-state index contributed by atoms with van der Waals surface area (Å²) >= 11 is 0. The molecule has 0 bridgehead atoms. The Kier molecular flexibility index (Phi) is 5.04. The minimum absolute atomic E-state index is 0.0101. The van der Waals surface area contributed by atoms with Gasteiger partial charge in [0, 0.05) is 37.6 Å². The van der Waals surface area contributed by atoms with Crippen LogP contribution in [0.1, 0.15) is 18.5 Å². The molecule has 0 saturated heterocycles. The quantitative estimate of drug-likeness (QED) is 0.820. The van der Waals surface area contributed by atoms with Crippen molar-refractivity contribution in [1.29, 1.82) is 0 Å². The lowest BCUT2D eigenvalue weighted by atomic mass is 10.1. The van der Waals surface area contributed by atoms with Crippen LogP contribution in [0.15, 0.2) is 36.9 Å². The summed E-state index contributed by atoms with van der Waals surface area (Å²) in [4.78, 5) is 18.1. The molecule has 0 spiro atoms. The van der Waals surface area contributed by atoms with Gasteiger partial charge in [-0.1, -0.05) is 0 Å². The molecule has 0 unspecified atom stereocenters. The predicted molar refractivity (Wildman–Crippen MR) is 83.0 cm³/mol. The Balaban J connectivity index is 2.11. The van der Waals surface area contributed by atoms with Gasteiger partial charge in [-0.3, -0.25) is 4.79 Å². The van der Waals surface area contributed by atoms with E-state index in [1.165, 1.54) is 0 Å². The van der Waals surface area contributed by atoms with Gasteiger partial charge < -0.3 is 18.9 Å². The zero-order valence-electron chi connectivity index (χ0n) is 13.3. The van der Waals surface area contributed by atoms with Crippen LogP contribution in [0.25, 0.3) is 0 Å². The topological polar surface area (TPSA) is 56.6 Å². The summed E-state index contributed by atoms with van der Waals surface area (Å²) in [7, 11) is 4.99. The van der Waals surface area contributed by atoms with E-state index in [0.29, 0.717) is 12.3 Å². The highest BCUT2D eigenvalue weighted by atomic mass is 16.5. The van der Waals surface area contributed by atoms with E-state index in [9.17, 15) is 4.79 Å². The summed E-state index contributed by atoms with van der Waals surface area (Å²) in [5.74, 6) is 1.44. The van der Waals surface area contributed by atoms with Crippen LogP contribution < -0.4 is 9.47 Å². The molecule has 6 nitrogen and oxygen atoms in total. The number of likely N-dealkylation sites (N-methyl/N-ethyl adjacent to an activating group) is 1. The van der Waals surface area contributed by atoms with Crippen molar-refractivity contribution in [2.45, 2.75) is 19.5 Å². The van der Waals surface area contributed by atoms with Crippen LogP contribution in [0.3, 0.4) is 0 Å². The molecule has 0 fully saturated rings. The van der Waals surface area contributed by atoms with Gasteiger partial charge in [-0.2, -0.15) is 0 Å². The lowest BCUT2D eigenvalue weighted by Crippen LogP contribution is -2.32. The number of nitrogens with zero attached hydrogens (tertiary/aromatic N) is 3. The first kappa shape index (κ1) is 15.9. The fourth-order valence-corrected chi connectivity index (χ4v) is 2.26. The Bertz CT molecular complexity index is 626. The minimum Gasteiger partial charge on any atom is -0.497 e. The number of methoxy groups -OCH3 is 2. The fourth-order valence-electron chi connectivity index (χ4n) is 2.26. The summed E-state index contributed by atoms with van der Waals surface area (Å²) in [6.45, 7) is 2.32. The first-order valence-electron chi connectivity index (χ1n) is 7.00. The average Bonchev–Trinajstić information content (AvgIpc) is 3.08. The van der Waals surface area contributed by atoms with Crippen molar-refractivity contribution in [2.75, 3.05) is 21.3 Å². The van der Waals surface area contributed by atoms with Gasteiger partial charge in [-0.05, 0) is 19.1 Å². The number of carbonyl (C=O) groups excluding carboxylic acids is 1. The molecule has 1 aromatic carbocycles. The molecular formula is C16H21N3O3. The maximum absolute atomic E-state index is 12.5. The zero-order valence-corrected chi connectivity index (χ0v) is 13.3. The molecule has 118 valence electrons. The van der Waals surface area contributed by atoms with Gasteiger partial charge in [-0.25, -0.2) is 4.98 Å². The van der Waals surface area contributed by atoms with E-state index in [2.05, 4.69) is 4.98 Å². The Morgan fingerprint density at radius 1 is 1.36 bits per heavy atom. The van der Waals surface area contributed by atoms with Crippen molar-refractivity contribution in [3.8, 4) is 11.5 Å². The monoisotopic (exact) mass is 303 g/mol. The molecule has 0 aliphatic rings. The second kappa shape index (κ2) is 6.98. The van der Waals surface area contributed by atoms with Crippen LogP contribution in [-0.2, 0) is 11.3 Å². The molecule has 0 radical (unpaired) electrons. The highest BCUT2D eigenvalue weighted by Crippen LogP contribution is 2.26. The largest absolute Gasteiger partial charge is 0.497 e. The highest BCUT2D eigenvalue weighted by Gasteiger charge is 2.20. The summed E-state index contributed by atoms with van der Waals surface area (Å²) in [5, 5.41) is 0. The van der Waals surface area contributed by atoms with Crippen molar-refractivity contribution >= 4 is 5.91 Å². The molecular weight excluding hydrogens is 282 g/mol. The van der Waals surface area contributed by atoms with Crippen LogP contribution >= 0.6 is 0 Å². The average molecular weight is 303 g/mol. The van der Waals surface area contributed by atoms with E-state index in [1.807, 2.05) is 25.1 Å². The first-order valence-corrected chi connectivity index (χ1v) is 7.00. The van der Waals surface area contributed by atoms with Gasteiger partial charge in [0.05, 0.1) is 20.5 Å². The molecule has 1 aromatic heterocycles. The smallest absolute Gasteiger partial charge is 0.245 e. The molecule has 2 rings (SSSR count). The first-order chi connectivity index (χ1) is 10.6. The third-order valence-corrected chi connectivity index (χ3v) is 3.61. The predicted octanol–water partition coefficient (Wildman–Crippen LogP) is 2.12. The Labute approximate surface area is 130 Å². The maximum atomic E-state index is 12.5. The molecule has 6 heteroatoms. The number of hydrogen-bond acceptors (Lipinski definition) is 4. The standard InChI is InChI=1S/C16H21N3O3/c1-12(19-8-7-17-11-19)16(20)18(2)10-13-5-6-14(21-3)9-15(13)22-4/h5-9,11-12H,10H2,1-4H3/t12-/m1/s1. The normalized spacial score (nSPS) is 11.8. The fraction of sp³-hybridized carbons (Fsp3) is 0.375. The summed E-state index contributed by atoms with van der Waals surface area (Å²) < 4.78 is 12.3. The highest BCUT2D eigenvalue weighted by molar-refractivity contribution is 5.79. The third kappa shape index (κ3) is 3.39. The molecule has 0 aliphatic heterocycles. The van der Waals surface area contributed by atoms with Crippen LogP contribution in [0.2, 0.25) is 0 Å². The number of aromatic nitrogens is 2. The van der Waals surface area contributed by atoms with E-state index < -0.39 is 0 Å². The second-order valence-electron chi connectivity index (χ2n) is 5.06. The summed E-state index contributed by atoms with van der Waals surface area (Å²) in [6.07, 6.45) is 5.09. The number of carbonyl (C=O) groups is 1. The van der Waals surface area contributed by atoms with Gasteiger partial charge in [0.1, 0.15) is 17.5 Å². The lowest BCUT2D eigenvalue weighted by molar-refractivity contribution is -0.133. The number of hydrogen-bond donors (Lipinski definition) is 0. The van der Waals surface area contributed by atoms with Crippen molar-refractivity contribution in [2.24, 2.45) is 0 Å². The Morgan fingerprint density at radius 3 is 2.73 bits per heavy atom. The van der Waals surface area contributed by atoms with Crippen LogP contribution in [0.5, 0.6) is 11.5 Å². The number of rotatable bonds is 6. The molecule has 1 amide bonds. The summed E-state index contributed by atoms with van der Waals surface area (Å²) in [6, 6.07) is 5.28. The Morgan fingerprint density at radius 2 is 2.14 bits per heavy atom. The second-order valence-corrected chi connectivity index (χ2v) is 5.06. The van der Waals surface area contributed by atoms with Crippen LogP contribution in [0, 0.1) is 0 Å². The lowest BCUT2D eigenvalue weighted by Gasteiger charge is -2.23. The van der Waals surface area contributed by atoms with Crippen LogP contribution in [-0.4, -0.2) is 41.6 Å². The molecule has 1 atom stereocenters. The molecule has 0 N–H and O–H groups in total. The maximum Gasteiger partial charge on any atom is 0.245 e. The van der Waals surface area contributed by atoms with Gasteiger partial charge in [0.2, 0.25) is 5.91 Å². The van der Waals surface area contributed by atoms with Gasteiger partial charge in [-0.15, -0.1) is 0 Å². The SMILES string of the molecule is COc1ccc(CN(C)C(=O)[C@@H](C)n2ccnc2)c(OC)c1. The van der Waals surface area contributed by atoms with Gasteiger partial charge in [0.15, 0.2) is 0 Å². The Hall–Kier alpha value is -2.50. The van der Waals surface area contributed by atoms with E-state index in [4.69, 9.17) is 9.47 Å². The zero-order chi connectivity index (χ0) is 16.1. The van der Waals surface area contributed by atoms with Gasteiger partial charge in [0.25, 0.3) is 0 Å². The number of ether oxygens (including phenoxy) is 2. The molecule has 22 heavy (non-hydrogen) atoms.